The van der Waals surface area contributed by atoms with Gasteiger partial charge < -0.3 is 19.9 Å². The summed E-state index contributed by atoms with van der Waals surface area (Å²) in [7, 11) is 0. The first kappa shape index (κ1) is 25.2. The molecule has 1 saturated heterocycles. The predicted octanol–water partition coefficient (Wildman–Crippen LogP) is 5.45. The molecule has 1 aliphatic heterocycles. The molecular formula is C25H40ClN3O3S. The van der Waals surface area contributed by atoms with Gasteiger partial charge in [0.1, 0.15) is 4.90 Å². The van der Waals surface area contributed by atoms with Gasteiger partial charge in [-0.05, 0) is 86.4 Å². The topological polar surface area (TPSA) is 76.4 Å². The lowest BCUT2D eigenvalue weighted by atomic mass is 9.48. The number of hydrogen-bond donors (Lipinski definition) is 2. The first-order valence-electron chi connectivity index (χ1n) is 12.8. The lowest BCUT2D eigenvalue weighted by Crippen LogP contribution is -2.55. The van der Waals surface area contributed by atoms with E-state index in [1.165, 1.54) is 38.5 Å². The van der Waals surface area contributed by atoms with Gasteiger partial charge in [-0.2, -0.15) is 0 Å². The van der Waals surface area contributed by atoms with Crippen LogP contribution in [-0.4, -0.2) is 42.1 Å². The molecule has 4 aliphatic carbocycles. The van der Waals surface area contributed by atoms with Crippen LogP contribution in [0.4, 0.5) is 0 Å². The first-order valence-corrected chi connectivity index (χ1v) is 13.7. The summed E-state index contributed by atoms with van der Waals surface area (Å²) in [5.41, 5.74) is 0.436. The highest BCUT2D eigenvalue weighted by Crippen LogP contribution is 2.59. The zero-order valence-electron chi connectivity index (χ0n) is 20.1. The average Bonchev–Trinajstić information content (AvgIpc) is 3.21. The van der Waals surface area contributed by atoms with Crippen molar-refractivity contribution in [1.29, 1.82) is 0 Å². The number of fused-ring (bicyclic) bond motifs is 2. The van der Waals surface area contributed by atoms with Crippen LogP contribution >= 0.6 is 24.2 Å². The third-order valence-corrected chi connectivity index (χ3v) is 10.1. The second-order valence-electron chi connectivity index (χ2n) is 11.1. The van der Waals surface area contributed by atoms with E-state index < -0.39 is 0 Å². The maximum absolute atomic E-state index is 13.3. The maximum atomic E-state index is 13.3. The van der Waals surface area contributed by atoms with Gasteiger partial charge in [0, 0.05) is 11.3 Å². The first-order chi connectivity index (χ1) is 15.5. The van der Waals surface area contributed by atoms with Gasteiger partial charge in [-0.1, -0.05) is 33.1 Å². The Hall–Kier alpha value is -0.920. The monoisotopic (exact) mass is 497 g/mol. The molecule has 1 aromatic heterocycles. The number of amides is 1. The minimum Gasteiger partial charge on any atom is -0.474 e. The number of ether oxygens (including phenoxy) is 1. The summed E-state index contributed by atoms with van der Waals surface area (Å²) in [5.74, 6) is 2.76. The van der Waals surface area contributed by atoms with E-state index in [-0.39, 0.29) is 24.4 Å². The number of rotatable bonds is 7. The lowest BCUT2D eigenvalue weighted by Gasteiger charge is -2.58. The summed E-state index contributed by atoms with van der Waals surface area (Å²) in [6.07, 6.45) is 11.9. The lowest BCUT2D eigenvalue weighted by molar-refractivity contribution is -0.0771. The van der Waals surface area contributed by atoms with E-state index in [2.05, 4.69) is 29.6 Å². The molecule has 0 spiro atoms. The van der Waals surface area contributed by atoms with Crippen LogP contribution in [0.1, 0.15) is 88.6 Å². The SMILES string of the molecule is CC1(C)[C@@H]2CC(NC(=O)c3onc(OCC4CCNCC4)c3SC3CCCCC3)C[C@H]1C2.Cl. The van der Waals surface area contributed by atoms with Crippen molar-refractivity contribution in [2.75, 3.05) is 19.7 Å². The Kier molecular flexibility index (Phi) is 8.22. The molecule has 1 amide bonds. The number of piperidine rings is 1. The molecule has 1 unspecified atom stereocenters. The number of nitrogens with zero attached hydrogens (tertiary/aromatic N) is 1. The molecule has 0 radical (unpaired) electrons. The quantitative estimate of drug-likeness (QED) is 0.521. The summed E-state index contributed by atoms with van der Waals surface area (Å²) in [4.78, 5) is 14.1. The van der Waals surface area contributed by atoms with Crippen LogP contribution in [0.15, 0.2) is 9.42 Å². The number of thioether (sulfide) groups is 1. The molecule has 6 rings (SSSR count). The van der Waals surface area contributed by atoms with Gasteiger partial charge in [-0.15, -0.1) is 24.2 Å². The van der Waals surface area contributed by atoms with Gasteiger partial charge in [-0.25, -0.2) is 0 Å². The highest BCUT2D eigenvalue weighted by atomic mass is 35.5. The van der Waals surface area contributed by atoms with E-state index in [0.717, 1.165) is 55.5 Å². The molecule has 2 heterocycles. The third-order valence-electron chi connectivity index (χ3n) is 8.72. The van der Waals surface area contributed by atoms with Gasteiger partial charge in [0.2, 0.25) is 5.76 Å². The van der Waals surface area contributed by atoms with Crippen LogP contribution in [0.2, 0.25) is 0 Å². The van der Waals surface area contributed by atoms with Crippen molar-refractivity contribution in [2.24, 2.45) is 23.2 Å². The number of halogens is 1. The van der Waals surface area contributed by atoms with Gasteiger partial charge in [-0.3, -0.25) is 4.79 Å². The number of carbonyl (C=O) groups is 1. The molecular weight excluding hydrogens is 458 g/mol. The minimum absolute atomic E-state index is 0. The Bertz CT molecular complexity index is 791. The van der Waals surface area contributed by atoms with Crippen molar-refractivity contribution in [1.82, 2.24) is 15.8 Å². The Labute approximate surface area is 208 Å². The van der Waals surface area contributed by atoms with Crippen molar-refractivity contribution in [3.63, 3.8) is 0 Å². The van der Waals surface area contributed by atoms with E-state index in [1.807, 2.05) is 0 Å². The number of hydrogen-bond acceptors (Lipinski definition) is 6. The van der Waals surface area contributed by atoms with E-state index in [4.69, 9.17) is 9.26 Å². The van der Waals surface area contributed by atoms with E-state index in [1.54, 1.807) is 11.8 Å². The standard InChI is InChI=1S/C25H39N3O3S.ClH/c1-25(2)17-12-18(25)14-19(13-17)27-23(29)21-22(32-20-6-4-3-5-7-20)24(28-31-21)30-15-16-8-10-26-11-9-16;/h16-20,26H,3-15H2,1-2H3,(H,27,29);1H/t17-,18+,19?;. The highest BCUT2D eigenvalue weighted by molar-refractivity contribution is 8.00. The van der Waals surface area contributed by atoms with Crippen molar-refractivity contribution in [2.45, 2.75) is 94.2 Å². The molecule has 2 N–H and O–H groups in total. The second-order valence-corrected chi connectivity index (χ2v) is 12.4. The van der Waals surface area contributed by atoms with Gasteiger partial charge in [0.15, 0.2) is 0 Å². The summed E-state index contributed by atoms with van der Waals surface area (Å²) in [5, 5.41) is 11.4. The number of nitrogens with one attached hydrogen (secondary N) is 2. The minimum atomic E-state index is -0.114. The largest absolute Gasteiger partial charge is 0.474 e. The van der Waals surface area contributed by atoms with Crippen LogP contribution in [0.5, 0.6) is 5.88 Å². The fourth-order valence-electron chi connectivity index (χ4n) is 6.28. The summed E-state index contributed by atoms with van der Waals surface area (Å²) >= 11 is 1.76. The molecule has 3 atom stereocenters. The van der Waals surface area contributed by atoms with Crippen LogP contribution in [0.25, 0.3) is 0 Å². The molecule has 5 fully saturated rings. The zero-order chi connectivity index (χ0) is 22.1. The molecule has 0 aromatic carbocycles. The Morgan fingerprint density at radius 2 is 1.82 bits per heavy atom. The molecule has 1 aromatic rings. The number of aromatic nitrogens is 1. The summed E-state index contributed by atoms with van der Waals surface area (Å²) < 4.78 is 11.8. The van der Waals surface area contributed by atoms with Crippen molar-refractivity contribution < 1.29 is 14.1 Å². The second kappa shape index (κ2) is 10.8. The fraction of sp³-hybridized carbons (Fsp3) is 0.840. The van der Waals surface area contributed by atoms with Crippen molar-refractivity contribution in [3.05, 3.63) is 5.76 Å². The number of carbonyl (C=O) groups excluding carboxylic acids is 1. The average molecular weight is 498 g/mol. The predicted molar refractivity (Wildman–Crippen MR) is 133 cm³/mol. The third kappa shape index (κ3) is 5.51. The molecule has 8 heteroatoms. The van der Waals surface area contributed by atoms with Gasteiger partial charge in [0.25, 0.3) is 11.8 Å². The van der Waals surface area contributed by atoms with Crippen molar-refractivity contribution >= 4 is 30.1 Å². The molecule has 33 heavy (non-hydrogen) atoms. The van der Waals surface area contributed by atoms with Crippen LogP contribution in [-0.2, 0) is 0 Å². The maximum Gasteiger partial charge on any atom is 0.291 e. The van der Waals surface area contributed by atoms with Crippen LogP contribution in [0.3, 0.4) is 0 Å². The zero-order valence-corrected chi connectivity index (χ0v) is 21.7. The van der Waals surface area contributed by atoms with Gasteiger partial charge in [0.05, 0.1) is 6.61 Å². The Balaban J connectivity index is 0.00000259. The fourth-order valence-corrected chi connectivity index (χ4v) is 7.61. The Morgan fingerprint density at radius 3 is 2.48 bits per heavy atom. The van der Waals surface area contributed by atoms with Crippen LogP contribution < -0.4 is 15.4 Å². The Morgan fingerprint density at radius 1 is 1.12 bits per heavy atom. The van der Waals surface area contributed by atoms with Crippen molar-refractivity contribution in [3.8, 4) is 5.88 Å². The van der Waals surface area contributed by atoms with E-state index in [0.29, 0.717) is 34.8 Å². The smallest absolute Gasteiger partial charge is 0.291 e. The van der Waals surface area contributed by atoms with Crippen LogP contribution in [0, 0.1) is 23.2 Å². The molecule has 6 nitrogen and oxygen atoms in total. The van der Waals surface area contributed by atoms with E-state index >= 15 is 0 Å². The summed E-state index contributed by atoms with van der Waals surface area (Å²) in [6, 6.07) is 0.246. The van der Waals surface area contributed by atoms with E-state index in [9.17, 15) is 4.79 Å². The summed E-state index contributed by atoms with van der Waals surface area (Å²) in [6.45, 7) is 7.50. The molecule has 186 valence electrons. The molecule has 4 saturated carbocycles. The highest BCUT2D eigenvalue weighted by Gasteiger charge is 2.53. The molecule has 2 bridgehead atoms. The normalized spacial score (nSPS) is 29.6. The molecule has 5 aliphatic rings. The van der Waals surface area contributed by atoms with Gasteiger partial charge >= 0.3 is 0 Å².